The Morgan fingerprint density at radius 2 is 2.14 bits per heavy atom. The standard InChI is InChI=1S/C13H21N5O3/c1-21-13-11(18(19)20)12(15-10-16-13)14-6-2-3-7-17-8-4-5-9-17/h10H,2-9H2,1H3,(H,14,15,16). The zero-order valence-electron chi connectivity index (χ0n) is 12.2. The van der Waals surface area contributed by atoms with Crippen molar-refractivity contribution >= 4 is 11.5 Å². The van der Waals surface area contributed by atoms with E-state index in [2.05, 4.69) is 20.2 Å². The molecule has 116 valence electrons. The SMILES string of the molecule is COc1ncnc(NCCCCN2CCCC2)c1[N+](=O)[O-]. The highest BCUT2D eigenvalue weighted by molar-refractivity contribution is 5.60. The van der Waals surface area contributed by atoms with Crippen molar-refractivity contribution in [2.24, 2.45) is 0 Å². The monoisotopic (exact) mass is 295 g/mol. The predicted molar refractivity (Wildman–Crippen MR) is 78.6 cm³/mol. The van der Waals surface area contributed by atoms with Gasteiger partial charge in [0.1, 0.15) is 6.33 Å². The van der Waals surface area contributed by atoms with E-state index < -0.39 is 4.92 Å². The van der Waals surface area contributed by atoms with Crippen LogP contribution in [0.2, 0.25) is 0 Å². The Hall–Kier alpha value is -1.96. The van der Waals surface area contributed by atoms with Gasteiger partial charge in [-0.3, -0.25) is 10.1 Å². The first-order chi connectivity index (χ1) is 10.2. The fourth-order valence-corrected chi connectivity index (χ4v) is 2.48. The lowest BCUT2D eigenvalue weighted by atomic mass is 10.3. The molecule has 8 nitrogen and oxygen atoms in total. The van der Waals surface area contributed by atoms with Crippen LogP contribution in [0.15, 0.2) is 6.33 Å². The summed E-state index contributed by atoms with van der Waals surface area (Å²) >= 11 is 0. The number of aromatic nitrogens is 2. The Kier molecular flexibility index (Phi) is 5.68. The molecule has 8 heteroatoms. The van der Waals surface area contributed by atoms with Gasteiger partial charge in [-0.1, -0.05) is 0 Å². The smallest absolute Gasteiger partial charge is 0.372 e. The molecule has 1 aliphatic heterocycles. The quantitative estimate of drug-likeness (QED) is 0.443. The molecule has 1 N–H and O–H groups in total. The van der Waals surface area contributed by atoms with E-state index in [4.69, 9.17) is 4.74 Å². The van der Waals surface area contributed by atoms with Crippen molar-refractivity contribution in [3.05, 3.63) is 16.4 Å². The number of unbranched alkanes of at least 4 members (excludes halogenated alkanes) is 1. The number of anilines is 1. The van der Waals surface area contributed by atoms with Crippen LogP contribution in [-0.2, 0) is 0 Å². The van der Waals surface area contributed by atoms with Crippen LogP contribution in [0.25, 0.3) is 0 Å². The number of hydrogen-bond acceptors (Lipinski definition) is 7. The minimum absolute atomic E-state index is 0.0189. The molecule has 21 heavy (non-hydrogen) atoms. The van der Waals surface area contributed by atoms with E-state index in [9.17, 15) is 10.1 Å². The second-order valence-corrected chi connectivity index (χ2v) is 5.02. The van der Waals surface area contributed by atoms with Crippen molar-refractivity contribution in [3.63, 3.8) is 0 Å². The molecule has 1 aromatic rings. The summed E-state index contributed by atoms with van der Waals surface area (Å²) in [5.41, 5.74) is -0.209. The molecule has 1 fully saturated rings. The van der Waals surface area contributed by atoms with Crippen molar-refractivity contribution < 1.29 is 9.66 Å². The maximum absolute atomic E-state index is 11.1. The molecular formula is C13H21N5O3. The fraction of sp³-hybridized carbons (Fsp3) is 0.692. The van der Waals surface area contributed by atoms with Gasteiger partial charge in [0, 0.05) is 6.54 Å². The number of hydrogen-bond donors (Lipinski definition) is 1. The van der Waals surface area contributed by atoms with E-state index >= 15 is 0 Å². The molecule has 0 amide bonds. The first kappa shape index (κ1) is 15.4. The zero-order valence-corrected chi connectivity index (χ0v) is 12.2. The van der Waals surface area contributed by atoms with Crippen molar-refractivity contribution in [3.8, 4) is 5.88 Å². The highest BCUT2D eigenvalue weighted by Gasteiger charge is 2.23. The Balaban J connectivity index is 1.80. The van der Waals surface area contributed by atoms with E-state index in [0.717, 1.165) is 19.4 Å². The molecule has 0 unspecified atom stereocenters. The number of methoxy groups -OCH3 is 1. The van der Waals surface area contributed by atoms with E-state index in [1.807, 2.05) is 0 Å². The average molecular weight is 295 g/mol. The van der Waals surface area contributed by atoms with E-state index in [-0.39, 0.29) is 17.4 Å². The first-order valence-corrected chi connectivity index (χ1v) is 7.22. The summed E-state index contributed by atoms with van der Waals surface area (Å²) < 4.78 is 4.90. The fourth-order valence-electron chi connectivity index (χ4n) is 2.48. The normalized spacial score (nSPS) is 15.1. The van der Waals surface area contributed by atoms with E-state index in [0.29, 0.717) is 6.54 Å². The lowest BCUT2D eigenvalue weighted by Crippen LogP contribution is -2.21. The number of nitrogens with one attached hydrogen (secondary N) is 1. The number of likely N-dealkylation sites (tertiary alicyclic amines) is 1. The van der Waals surface area contributed by atoms with Crippen LogP contribution in [0.3, 0.4) is 0 Å². The molecule has 0 radical (unpaired) electrons. The van der Waals surface area contributed by atoms with Crippen molar-refractivity contribution in [2.75, 3.05) is 38.6 Å². The first-order valence-electron chi connectivity index (χ1n) is 7.22. The topological polar surface area (TPSA) is 93.4 Å². The summed E-state index contributed by atoms with van der Waals surface area (Å²) in [5, 5.41) is 14.1. The zero-order chi connectivity index (χ0) is 15.1. The summed E-state index contributed by atoms with van der Waals surface area (Å²) in [5.74, 6) is 0.197. The Morgan fingerprint density at radius 3 is 2.81 bits per heavy atom. The largest absolute Gasteiger partial charge is 0.476 e. The van der Waals surface area contributed by atoms with Crippen LogP contribution in [0.4, 0.5) is 11.5 Å². The molecule has 2 rings (SSSR count). The number of nitro groups is 1. The summed E-state index contributed by atoms with van der Waals surface area (Å²) in [6, 6.07) is 0. The van der Waals surface area contributed by atoms with Crippen molar-refractivity contribution in [2.45, 2.75) is 25.7 Å². The van der Waals surface area contributed by atoms with E-state index in [1.165, 1.54) is 39.4 Å². The molecule has 1 aromatic heterocycles. The van der Waals surface area contributed by atoms with Crippen LogP contribution in [0, 0.1) is 10.1 Å². The number of nitrogens with zero attached hydrogens (tertiary/aromatic N) is 4. The average Bonchev–Trinajstić information content (AvgIpc) is 2.99. The van der Waals surface area contributed by atoms with Gasteiger partial charge in [-0.15, -0.1) is 0 Å². The van der Waals surface area contributed by atoms with Crippen LogP contribution in [0.5, 0.6) is 5.88 Å². The highest BCUT2D eigenvalue weighted by atomic mass is 16.6. The highest BCUT2D eigenvalue weighted by Crippen LogP contribution is 2.30. The van der Waals surface area contributed by atoms with Crippen LogP contribution >= 0.6 is 0 Å². The van der Waals surface area contributed by atoms with Gasteiger partial charge in [0.05, 0.1) is 12.0 Å². The molecule has 2 heterocycles. The van der Waals surface area contributed by atoms with Gasteiger partial charge in [-0.25, -0.2) is 4.98 Å². The van der Waals surface area contributed by atoms with Crippen molar-refractivity contribution in [1.29, 1.82) is 0 Å². The maximum Gasteiger partial charge on any atom is 0.372 e. The van der Waals surface area contributed by atoms with Crippen LogP contribution in [0.1, 0.15) is 25.7 Å². The van der Waals surface area contributed by atoms with Gasteiger partial charge in [-0.05, 0) is 45.3 Å². The molecule has 0 saturated carbocycles. The minimum atomic E-state index is -0.522. The van der Waals surface area contributed by atoms with Crippen molar-refractivity contribution in [1.82, 2.24) is 14.9 Å². The van der Waals surface area contributed by atoms with Crippen LogP contribution in [-0.4, -0.2) is 53.1 Å². The summed E-state index contributed by atoms with van der Waals surface area (Å²) in [7, 11) is 1.36. The van der Waals surface area contributed by atoms with E-state index in [1.54, 1.807) is 0 Å². The molecule has 0 spiro atoms. The summed E-state index contributed by atoms with van der Waals surface area (Å²) in [6.07, 6.45) is 5.87. The van der Waals surface area contributed by atoms with Gasteiger partial charge in [0.2, 0.25) is 5.82 Å². The molecule has 1 aliphatic rings. The lowest BCUT2D eigenvalue weighted by Gasteiger charge is -2.14. The summed E-state index contributed by atoms with van der Waals surface area (Å²) in [4.78, 5) is 20.7. The molecule has 0 bridgehead atoms. The predicted octanol–water partition coefficient (Wildman–Crippen LogP) is 1.68. The van der Waals surface area contributed by atoms with Gasteiger partial charge in [0.15, 0.2) is 0 Å². The van der Waals surface area contributed by atoms with Gasteiger partial charge in [0.25, 0.3) is 5.88 Å². The van der Waals surface area contributed by atoms with Gasteiger partial charge >= 0.3 is 5.69 Å². The Bertz CT molecular complexity index is 477. The maximum atomic E-state index is 11.1. The Labute approximate surface area is 123 Å². The molecule has 0 aliphatic carbocycles. The number of ether oxygens (including phenoxy) is 1. The summed E-state index contributed by atoms with van der Waals surface area (Å²) in [6.45, 7) is 4.13. The third-order valence-corrected chi connectivity index (χ3v) is 3.56. The lowest BCUT2D eigenvalue weighted by molar-refractivity contribution is -0.385. The third kappa shape index (κ3) is 4.25. The second-order valence-electron chi connectivity index (χ2n) is 5.02. The molecule has 0 atom stereocenters. The van der Waals surface area contributed by atoms with Gasteiger partial charge < -0.3 is 15.0 Å². The third-order valence-electron chi connectivity index (χ3n) is 3.56. The molecule has 0 aromatic carbocycles. The molecular weight excluding hydrogens is 274 g/mol. The second kappa shape index (κ2) is 7.72. The molecule has 1 saturated heterocycles. The van der Waals surface area contributed by atoms with Crippen LogP contribution < -0.4 is 10.1 Å². The van der Waals surface area contributed by atoms with Gasteiger partial charge in [-0.2, -0.15) is 4.98 Å². The minimum Gasteiger partial charge on any atom is -0.476 e. The number of rotatable bonds is 8. The Morgan fingerprint density at radius 1 is 1.38 bits per heavy atom.